The fourth-order valence-corrected chi connectivity index (χ4v) is 2.58. The van der Waals surface area contributed by atoms with E-state index in [0.717, 1.165) is 44.5 Å². The van der Waals surface area contributed by atoms with Crippen LogP contribution in [0.3, 0.4) is 0 Å². The molecule has 1 aliphatic carbocycles. The highest BCUT2D eigenvalue weighted by Gasteiger charge is 2.24. The molecule has 0 saturated heterocycles. The maximum Gasteiger partial charge on any atom is 0.137 e. The average molecular weight is 249 g/mol. The molecule has 1 aromatic carbocycles. The first-order valence-electron chi connectivity index (χ1n) is 6.74. The van der Waals surface area contributed by atoms with Crippen molar-refractivity contribution in [3.05, 3.63) is 30.1 Å². The van der Waals surface area contributed by atoms with E-state index < -0.39 is 0 Å². The number of benzene rings is 1. The summed E-state index contributed by atoms with van der Waals surface area (Å²) >= 11 is 0. The summed E-state index contributed by atoms with van der Waals surface area (Å²) < 4.78 is 12.9. The van der Waals surface area contributed by atoms with Crippen LogP contribution in [-0.4, -0.2) is 18.9 Å². The first-order valence-corrected chi connectivity index (χ1v) is 6.74. The normalized spacial score (nSPS) is 19.9. The summed E-state index contributed by atoms with van der Waals surface area (Å²) in [7, 11) is 0. The molecule has 0 spiro atoms. The van der Waals surface area contributed by atoms with Crippen LogP contribution < -0.4 is 4.90 Å². The van der Waals surface area contributed by atoms with Crippen LogP contribution >= 0.6 is 0 Å². The Morgan fingerprint density at radius 3 is 2.61 bits per heavy atom. The molecule has 2 nitrogen and oxygen atoms in total. The molecule has 98 valence electrons. The topological polar surface area (TPSA) is 20.3 Å². The van der Waals surface area contributed by atoms with Crippen molar-refractivity contribution < 1.29 is 9.18 Å². The van der Waals surface area contributed by atoms with Crippen LogP contribution in [0.5, 0.6) is 0 Å². The summed E-state index contributed by atoms with van der Waals surface area (Å²) in [4.78, 5) is 14.0. The SMILES string of the molecule is CCN(CC1CCCCC1=O)c1ccc(F)cc1. The fourth-order valence-electron chi connectivity index (χ4n) is 2.58. The second-order valence-electron chi connectivity index (χ2n) is 4.92. The number of nitrogens with zero attached hydrogens (tertiary/aromatic N) is 1. The predicted molar refractivity (Wildman–Crippen MR) is 71.3 cm³/mol. The predicted octanol–water partition coefficient (Wildman–Crippen LogP) is 3.41. The Labute approximate surface area is 108 Å². The third kappa shape index (κ3) is 3.09. The lowest BCUT2D eigenvalue weighted by Crippen LogP contribution is -2.34. The van der Waals surface area contributed by atoms with Crippen LogP contribution in [0.1, 0.15) is 32.6 Å². The van der Waals surface area contributed by atoms with Gasteiger partial charge in [-0.15, -0.1) is 0 Å². The van der Waals surface area contributed by atoms with E-state index in [-0.39, 0.29) is 11.7 Å². The number of anilines is 1. The standard InChI is InChI=1S/C15H20FNO/c1-2-17(14-9-7-13(16)8-10-14)11-12-5-3-4-6-15(12)18/h7-10,12H,2-6,11H2,1H3. The fraction of sp³-hybridized carbons (Fsp3) is 0.533. The molecule has 0 heterocycles. The van der Waals surface area contributed by atoms with Gasteiger partial charge >= 0.3 is 0 Å². The zero-order valence-corrected chi connectivity index (χ0v) is 10.9. The van der Waals surface area contributed by atoms with Crippen molar-refractivity contribution in [1.82, 2.24) is 0 Å². The number of carbonyl (C=O) groups excluding carboxylic acids is 1. The van der Waals surface area contributed by atoms with E-state index in [1.54, 1.807) is 12.1 Å². The maximum atomic E-state index is 12.9. The number of Topliss-reactive ketones (excluding diaryl/α,β-unsaturated/α-hetero) is 1. The molecule has 2 rings (SSSR count). The lowest BCUT2D eigenvalue weighted by molar-refractivity contribution is -0.124. The number of halogens is 1. The molecule has 0 aromatic heterocycles. The Bertz CT molecular complexity index is 401. The molecular weight excluding hydrogens is 229 g/mol. The average Bonchev–Trinajstić information content (AvgIpc) is 2.39. The van der Waals surface area contributed by atoms with Crippen LogP contribution in [0, 0.1) is 11.7 Å². The van der Waals surface area contributed by atoms with Crippen molar-refractivity contribution in [2.45, 2.75) is 32.6 Å². The Balaban J connectivity index is 2.04. The third-order valence-electron chi connectivity index (χ3n) is 3.70. The smallest absolute Gasteiger partial charge is 0.137 e. The largest absolute Gasteiger partial charge is 0.371 e. The lowest BCUT2D eigenvalue weighted by atomic mass is 9.87. The van der Waals surface area contributed by atoms with Crippen molar-refractivity contribution >= 4 is 11.5 Å². The summed E-state index contributed by atoms with van der Waals surface area (Å²) in [6.45, 7) is 3.67. The molecule has 3 heteroatoms. The highest BCUT2D eigenvalue weighted by molar-refractivity contribution is 5.82. The van der Waals surface area contributed by atoms with Crippen molar-refractivity contribution in [2.75, 3.05) is 18.0 Å². The van der Waals surface area contributed by atoms with Gasteiger partial charge in [-0.2, -0.15) is 0 Å². The van der Waals surface area contributed by atoms with E-state index in [0.29, 0.717) is 5.78 Å². The molecule has 18 heavy (non-hydrogen) atoms. The Morgan fingerprint density at radius 2 is 2.00 bits per heavy atom. The molecule has 1 unspecified atom stereocenters. The third-order valence-corrected chi connectivity index (χ3v) is 3.70. The molecule has 0 amide bonds. The first-order chi connectivity index (χ1) is 8.70. The van der Waals surface area contributed by atoms with Crippen LogP contribution in [0.25, 0.3) is 0 Å². The van der Waals surface area contributed by atoms with Gasteiger partial charge in [0.2, 0.25) is 0 Å². The van der Waals surface area contributed by atoms with E-state index in [9.17, 15) is 9.18 Å². The summed E-state index contributed by atoms with van der Waals surface area (Å²) in [6.07, 6.45) is 3.91. The lowest BCUT2D eigenvalue weighted by Gasteiger charge is -2.29. The zero-order chi connectivity index (χ0) is 13.0. The van der Waals surface area contributed by atoms with Gasteiger partial charge < -0.3 is 4.90 Å². The van der Waals surface area contributed by atoms with Gasteiger partial charge in [0, 0.05) is 31.1 Å². The molecule has 1 fully saturated rings. The molecule has 0 bridgehead atoms. The monoisotopic (exact) mass is 249 g/mol. The van der Waals surface area contributed by atoms with Gasteiger partial charge in [0.1, 0.15) is 11.6 Å². The molecule has 1 aromatic rings. The molecule has 1 atom stereocenters. The van der Waals surface area contributed by atoms with Gasteiger partial charge in [-0.25, -0.2) is 4.39 Å². The minimum absolute atomic E-state index is 0.156. The number of hydrogen-bond acceptors (Lipinski definition) is 2. The van der Waals surface area contributed by atoms with Crippen molar-refractivity contribution in [1.29, 1.82) is 0 Å². The Morgan fingerprint density at radius 1 is 1.28 bits per heavy atom. The Hall–Kier alpha value is -1.38. The molecule has 0 N–H and O–H groups in total. The molecular formula is C15H20FNO. The molecule has 0 radical (unpaired) electrons. The van der Waals surface area contributed by atoms with E-state index in [1.165, 1.54) is 12.1 Å². The van der Waals surface area contributed by atoms with Crippen molar-refractivity contribution in [2.24, 2.45) is 5.92 Å². The van der Waals surface area contributed by atoms with Crippen LogP contribution in [-0.2, 0) is 4.79 Å². The number of rotatable bonds is 4. The van der Waals surface area contributed by atoms with E-state index in [2.05, 4.69) is 11.8 Å². The molecule has 0 aliphatic heterocycles. The van der Waals surface area contributed by atoms with Crippen LogP contribution in [0.2, 0.25) is 0 Å². The number of carbonyl (C=O) groups is 1. The number of ketones is 1. The van der Waals surface area contributed by atoms with Gasteiger partial charge in [0.15, 0.2) is 0 Å². The van der Waals surface area contributed by atoms with E-state index in [1.807, 2.05) is 0 Å². The summed E-state index contributed by atoms with van der Waals surface area (Å²) in [5.74, 6) is 0.328. The highest BCUT2D eigenvalue weighted by Crippen LogP contribution is 2.24. The second-order valence-corrected chi connectivity index (χ2v) is 4.92. The maximum absolute atomic E-state index is 12.9. The van der Waals surface area contributed by atoms with E-state index >= 15 is 0 Å². The number of hydrogen-bond donors (Lipinski definition) is 0. The second kappa shape index (κ2) is 5.98. The zero-order valence-electron chi connectivity index (χ0n) is 10.9. The summed E-state index contributed by atoms with van der Waals surface area (Å²) in [5, 5.41) is 0. The Kier molecular flexibility index (Phi) is 4.34. The van der Waals surface area contributed by atoms with Crippen molar-refractivity contribution in [3.8, 4) is 0 Å². The van der Waals surface area contributed by atoms with Crippen LogP contribution in [0.15, 0.2) is 24.3 Å². The van der Waals surface area contributed by atoms with Gasteiger partial charge in [-0.1, -0.05) is 6.42 Å². The first kappa shape index (κ1) is 13.1. The van der Waals surface area contributed by atoms with Gasteiger partial charge in [-0.3, -0.25) is 4.79 Å². The minimum Gasteiger partial charge on any atom is -0.371 e. The van der Waals surface area contributed by atoms with Gasteiger partial charge in [0.25, 0.3) is 0 Å². The van der Waals surface area contributed by atoms with E-state index in [4.69, 9.17) is 0 Å². The highest BCUT2D eigenvalue weighted by atomic mass is 19.1. The molecule has 1 saturated carbocycles. The quantitative estimate of drug-likeness (QED) is 0.815. The summed E-state index contributed by atoms with van der Waals surface area (Å²) in [5.41, 5.74) is 0.997. The summed E-state index contributed by atoms with van der Waals surface area (Å²) in [6, 6.07) is 6.51. The van der Waals surface area contributed by atoms with Gasteiger partial charge in [0.05, 0.1) is 0 Å². The molecule has 1 aliphatic rings. The van der Waals surface area contributed by atoms with Crippen molar-refractivity contribution in [3.63, 3.8) is 0 Å². The van der Waals surface area contributed by atoms with Crippen LogP contribution in [0.4, 0.5) is 10.1 Å². The van der Waals surface area contributed by atoms with Gasteiger partial charge in [-0.05, 0) is 44.0 Å². The minimum atomic E-state index is -0.219.